The lowest BCUT2D eigenvalue weighted by atomic mass is 9.96. The van der Waals surface area contributed by atoms with Crippen LogP contribution in [-0.4, -0.2) is 24.1 Å². The number of hydrogen-bond donors (Lipinski definition) is 2. The van der Waals surface area contributed by atoms with Gasteiger partial charge in [-0.15, -0.1) is 0 Å². The average molecular weight is 278 g/mol. The van der Waals surface area contributed by atoms with E-state index in [1.807, 2.05) is 46.8 Å². The maximum absolute atomic E-state index is 11.6. The van der Waals surface area contributed by atoms with Gasteiger partial charge in [-0.2, -0.15) is 0 Å². The van der Waals surface area contributed by atoms with E-state index in [-0.39, 0.29) is 11.9 Å². The van der Waals surface area contributed by atoms with Crippen molar-refractivity contribution in [3.8, 4) is 5.75 Å². The number of carbonyl (C=O) groups is 1. The molecule has 0 saturated heterocycles. The first kappa shape index (κ1) is 16.5. The molecule has 1 rings (SSSR count). The van der Waals surface area contributed by atoms with Crippen molar-refractivity contribution in [2.75, 3.05) is 6.61 Å². The van der Waals surface area contributed by atoms with E-state index in [1.165, 1.54) is 0 Å². The number of amides is 1. The van der Waals surface area contributed by atoms with Crippen LogP contribution in [0.5, 0.6) is 5.75 Å². The molecule has 0 aromatic heterocycles. The van der Waals surface area contributed by atoms with Crippen LogP contribution in [0, 0.1) is 13.8 Å². The van der Waals surface area contributed by atoms with Crippen LogP contribution in [0.2, 0.25) is 0 Å². The number of ether oxygens (including phenoxy) is 1. The first-order valence-corrected chi connectivity index (χ1v) is 7.01. The number of aryl methyl sites for hydroxylation is 2. The second kappa shape index (κ2) is 6.75. The molecule has 0 heterocycles. The lowest BCUT2D eigenvalue weighted by Gasteiger charge is -2.29. The number of carbonyl (C=O) groups excluding carboxylic acids is 1. The molecule has 0 bridgehead atoms. The maximum Gasteiger partial charge on any atom is 0.237 e. The molecule has 4 heteroatoms. The van der Waals surface area contributed by atoms with Crippen molar-refractivity contribution in [3.05, 3.63) is 29.3 Å². The van der Waals surface area contributed by atoms with Gasteiger partial charge in [0.15, 0.2) is 0 Å². The molecule has 112 valence electrons. The molecule has 1 atom stereocenters. The topological polar surface area (TPSA) is 64.3 Å². The summed E-state index contributed by atoms with van der Waals surface area (Å²) < 4.78 is 5.75. The van der Waals surface area contributed by atoms with Crippen LogP contribution in [-0.2, 0) is 4.79 Å². The largest absolute Gasteiger partial charge is 0.493 e. The number of nitrogens with two attached hydrogens (primary N) is 1. The molecule has 4 nitrogen and oxygen atoms in total. The van der Waals surface area contributed by atoms with Crippen molar-refractivity contribution in [2.24, 2.45) is 5.73 Å². The standard InChI is InChI=1S/C16H26N2O2/c1-11(2)18-16(5,15(17)19)6-7-20-14-9-12(3)8-13(4)10-14/h8-11,18H,6-7H2,1-5H3,(H2,17,19). The van der Waals surface area contributed by atoms with Gasteiger partial charge in [-0.3, -0.25) is 4.79 Å². The molecule has 0 saturated carbocycles. The van der Waals surface area contributed by atoms with Crippen molar-refractivity contribution in [2.45, 2.75) is 52.6 Å². The summed E-state index contributed by atoms with van der Waals surface area (Å²) in [6.45, 7) is 10.3. The second-order valence-electron chi connectivity index (χ2n) is 5.92. The number of nitrogens with one attached hydrogen (secondary N) is 1. The maximum atomic E-state index is 11.6. The SMILES string of the molecule is Cc1cc(C)cc(OCCC(C)(NC(C)C)C(N)=O)c1. The van der Waals surface area contributed by atoms with Crippen molar-refractivity contribution in [1.29, 1.82) is 0 Å². The van der Waals surface area contributed by atoms with Crippen LogP contribution >= 0.6 is 0 Å². The number of hydrogen-bond acceptors (Lipinski definition) is 3. The third kappa shape index (κ3) is 4.85. The second-order valence-corrected chi connectivity index (χ2v) is 5.92. The summed E-state index contributed by atoms with van der Waals surface area (Å²) in [5, 5.41) is 3.21. The van der Waals surface area contributed by atoms with E-state index < -0.39 is 5.54 Å². The van der Waals surface area contributed by atoms with Gasteiger partial charge < -0.3 is 15.8 Å². The summed E-state index contributed by atoms with van der Waals surface area (Å²) in [7, 11) is 0. The zero-order chi connectivity index (χ0) is 15.3. The highest BCUT2D eigenvalue weighted by Gasteiger charge is 2.31. The van der Waals surface area contributed by atoms with Gasteiger partial charge in [0.2, 0.25) is 5.91 Å². The lowest BCUT2D eigenvalue weighted by Crippen LogP contribution is -2.56. The lowest BCUT2D eigenvalue weighted by molar-refractivity contribution is -0.124. The monoisotopic (exact) mass is 278 g/mol. The van der Waals surface area contributed by atoms with Crippen molar-refractivity contribution >= 4 is 5.91 Å². The number of primary amides is 1. The Kier molecular flexibility index (Phi) is 5.57. The molecule has 20 heavy (non-hydrogen) atoms. The fourth-order valence-corrected chi connectivity index (χ4v) is 2.29. The molecule has 0 spiro atoms. The molecule has 0 fully saturated rings. The van der Waals surface area contributed by atoms with E-state index in [1.54, 1.807) is 0 Å². The molecule has 0 aliphatic heterocycles. The van der Waals surface area contributed by atoms with Gasteiger partial charge in [-0.05, 0) is 57.9 Å². The Labute approximate surface area is 121 Å². The zero-order valence-corrected chi connectivity index (χ0v) is 13.1. The van der Waals surface area contributed by atoms with Gasteiger partial charge in [0.1, 0.15) is 5.75 Å². The Morgan fingerprint density at radius 1 is 1.30 bits per heavy atom. The van der Waals surface area contributed by atoms with Crippen LogP contribution < -0.4 is 15.8 Å². The molecular formula is C16H26N2O2. The first-order valence-electron chi connectivity index (χ1n) is 7.01. The Balaban J connectivity index is 2.62. The van der Waals surface area contributed by atoms with Crippen molar-refractivity contribution in [1.82, 2.24) is 5.32 Å². The molecular weight excluding hydrogens is 252 g/mol. The van der Waals surface area contributed by atoms with Crippen molar-refractivity contribution < 1.29 is 9.53 Å². The minimum Gasteiger partial charge on any atom is -0.493 e. The van der Waals surface area contributed by atoms with E-state index in [4.69, 9.17) is 10.5 Å². The minimum absolute atomic E-state index is 0.189. The Hall–Kier alpha value is -1.55. The summed E-state index contributed by atoms with van der Waals surface area (Å²) in [6.07, 6.45) is 0.535. The fourth-order valence-electron chi connectivity index (χ4n) is 2.29. The van der Waals surface area contributed by atoms with Gasteiger partial charge in [-0.1, -0.05) is 6.07 Å². The Morgan fingerprint density at radius 3 is 2.30 bits per heavy atom. The fraction of sp³-hybridized carbons (Fsp3) is 0.562. The van der Waals surface area contributed by atoms with Gasteiger partial charge in [0, 0.05) is 12.5 Å². The molecule has 1 amide bonds. The third-order valence-electron chi connectivity index (χ3n) is 3.22. The summed E-state index contributed by atoms with van der Waals surface area (Å²) >= 11 is 0. The summed E-state index contributed by atoms with van der Waals surface area (Å²) in [6, 6.07) is 6.27. The molecule has 1 aromatic rings. The molecule has 0 aliphatic rings. The highest BCUT2D eigenvalue weighted by molar-refractivity contribution is 5.84. The third-order valence-corrected chi connectivity index (χ3v) is 3.22. The quantitative estimate of drug-likeness (QED) is 0.804. The summed E-state index contributed by atoms with van der Waals surface area (Å²) in [5.41, 5.74) is 7.08. The molecule has 1 aromatic carbocycles. The van der Waals surface area contributed by atoms with Crippen LogP contribution in [0.4, 0.5) is 0 Å². The zero-order valence-electron chi connectivity index (χ0n) is 13.1. The molecule has 3 N–H and O–H groups in total. The van der Waals surface area contributed by atoms with E-state index >= 15 is 0 Å². The van der Waals surface area contributed by atoms with E-state index in [9.17, 15) is 4.79 Å². The van der Waals surface area contributed by atoms with Crippen LogP contribution in [0.3, 0.4) is 0 Å². The van der Waals surface area contributed by atoms with Gasteiger partial charge in [0.25, 0.3) is 0 Å². The normalized spacial score (nSPS) is 14.1. The van der Waals surface area contributed by atoms with Crippen LogP contribution in [0.1, 0.15) is 38.3 Å². The highest BCUT2D eigenvalue weighted by atomic mass is 16.5. The van der Waals surface area contributed by atoms with Crippen LogP contribution in [0.25, 0.3) is 0 Å². The van der Waals surface area contributed by atoms with Crippen molar-refractivity contribution in [3.63, 3.8) is 0 Å². The Bertz CT molecular complexity index is 451. The first-order chi connectivity index (χ1) is 9.23. The van der Waals surface area contributed by atoms with Crippen LogP contribution in [0.15, 0.2) is 18.2 Å². The van der Waals surface area contributed by atoms with E-state index in [0.717, 1.165) is 16.9 Å². The predicted octanol–water partition coefficient (Wildman–Crippen LogP) is 2.31. The molecule has 1 unspecified atom stereocenters. The van der Waals surface area contributed by atoms with Gasteiger partial charge in [-0.25, -0.2) is 0 Å². The Morgan fingerprint density at radius 2 is 1.85 bits per heavy atom. The van der Waals surface area contributed by atoms with Gasteiger partial charge >= 0.3 is 0 Å². The minimum atomic E-state index is -0.743. The summed E-state index contributed by atoms with van der Waals surface area (Å²) in [4.78, 5) is 11.6. The van der Waals surface area contributed by atoms with E-state index in [2.05, 4.69) is 11.4 Å². The summed E-state index contributed by atoms with van der Waals surface area (Å²) in [5.74, 6) is 0.481. The molecule has 0 aliphatic carbocycles. The highest BCUT2D eigenvalue weighted by Crippen LogP contribution is 2.18. The number of benzene rings is 1. The molecule has 0 radical (unpaired) electrons. The predicted molar refractivity (Wildman–Crippen MR) is 81.9 cm³/mol. The smallest absolute Gasteiger partial charge is 0.237 e. The average Bonchev–Trinajstić information content (AvgIpc) is 2.26. The number of rotatable bonds is 7. The van der Waals surface area contributed by atoms with E-state index in [0.29, 0.717) is 13.0 Å². The van der Waals surface area contributed by atoms with Gasteiger partial charge in [0.05, 0.1) is 12.1 Å².